The Labute approximate surface area is 123 Å². The number of aromatic nitrogens is 3. The van der Waals surface area contributed by atoms with Gasteiger partial charge in [-0.1, -0.05) is 22.0 Å². The minimum atomic E-state index is -0.252. The van der Waals surface area contributed by atoms with E-state index >= 15 is 0 Å². The van der Waals surface area contributed by atoms with Gasteiger partial charge in [0, 0.05) is 22.1 Å². The van der Waals surface area contributed by atoms with Crippen LogP contribution in [0.1, 0.15) is 11.3 Å². The van der Waals surface area contributed by atoms with E-state index in [4.69, 9.17) is 0 Å². The highest BCUT2D eigenvalue weighted by Gasteiger charge is 2.05. The fourth-order valence-corrected chi connectivity index (χ4v) is 2.47. The first-order chi connectivity index (χ1) is 9.63. The quantitative estimate of drug-likeness (QED) is 0.766. The van der Waals surface area contributed by atoms with Gasteiger partial charge in [-0.05, 0) is 30.7 Å². The molecule has 0 fully saturated rings. The number of nitrogens with one attached hydrogen (secondary N) is 2. The molecule has 0 aliphatic carbocycles. The van der Waals surface area contributed by atoms with Gasteiger partial charge in [-0.2, -0.15) is 5.10 Å². The molecule has 0 amide bonds. The molecule has 2 heterocycles. The van der Waals surface area contributed by atoms with E-state index in [1.165, 1.54) is 12.1 Å². The van der Waals surface area contributed by atoms with Crippen molar-refractivity contribution in [2.45, 2.75) is 13.5 Å². The topological polar surface area (TPSA) is 53.6 Å². The molecule has 0 spiro atoms. The Kier molecular flexibility index (Phi) is 3.40. The molecular weight excluding hydrogens is 323 g/mol. The number of hydrogen-bond acceptors (Lipinski definition) is 3. The van der Waals surface area contributed by atoms with E-state index in [1.807, 2.05) is 13.0 Å². The molecule has 0 aliphatic rings. The molecule has 2 N–H and O–H groups in total. The SMILES string of the molecule is Cc1[nH]nc2ncc(NCc3ccc(F)cc3Br)cc12. The standard InChI is InChI=1S/C14H12BrFN4/c1-8-12-5-11(7-18-14(12)20-19-8)17-6-9-2-3-10(16)4-13(9)15/h2-5,7,17H,6H2,1H3,(H,18,19,20). The van der Waals surface area contributed by atoms with Crippen LogP contribution in [-0.4, -0.2) is 15.2 Å². The number of pyridine rings is 1. The molecule has 3 rings (SSSR count). The normalized spacial score (nSPS) is 10.9. The van der Waals surface area contributed by atoms with E-state index in [0.29, 0.717) is 12.2 Å². The summed E-state index contributed by atoms with van der Waals surface area (Å²) in [6.07, 6.45) is 1.74. The molecule has 20 heavy (non-hydrogen) atoms. The maximum Gasteiger partial charge on any atom is 0.181 e. The number of aryl methyl sites for hydroxylation is 1. The van der Waals surface area contributed by atoms with Gasteiger partial charge in [0.15, 0.2) is 5.65 Å². The lowest BCUT2D eigenvalue weighted by atomic mass is 10.2. The molecule has 6 heteroatoms. The Morgan fingerprint density at radius 3 is 3.00 bits per heavy atom. The molecule has 2 aromatic heterocycles. The number of anilines is 1. The summed E-state index contributed by atoms with van der Waals surface area (Å²) in [4.78, 5) is 4.27. The minimum absolute atomic E-state index is 0.252. The molecule has 1 aromatic carbocycles. The monoisotopic (exact) mass is 334 g/mol. The van der Waals surface area contributed by atoms with Crippen LogP contribution >= 0.6 is 15.9 Å². The smallest absolute Gasteiger partial charge is 0.181 e. The second-order valence-corrected chi connectivity index (χ2v) is 5.39. The first kappa shape index (κ1) is 13.1. The third-order valence-electron chi connectivity index (χ3n) is 3.10. The van der Waals surface area contributed by atoms with Crippen molar-refractivity contribution in [2.75, 3.05) is 5.32 Å². The maximum absolute atomic E-state index is 13.0. The lowest BCUT2D eigenvalue weighted by molar-refractivity contribution is 0.626. The highest BCUT2D eigenvalue weighted by atomic mass is 79.9. The van der Waals surface area contributed by atoms with Gasteiger partial charge < -0.3 is 5.32 Å². The van der Waals surface area contributed by atoms with E-state index in [2.05, 4.69) is 36.4 Å². The van der Waals surface area contributed by atoms with Crippen molar-refractivity contribution in [2.24, 2.45) is 0 Å². The van der Waals surface area contributed by atoms with Crippen molar-refractivity contribution >= 4 is 32.7 Å². The number of aromatic amines is 1. The van der Waals surface area contributed by atoms with Gasteiger partial charge in [0.1, 0.15) is 5.82 Å². The first-order valence-corrected chi connectivity index (χ1v) is 6.91. The van der Waals surface area contributed by atoms with Gasteiger partial charge in [0.25, 0.3) is 0 Å². The zero-order valence-electron chi connectivity index (χ0n) is 10.7. The molecule has 0 saturated heterocycles. The van der Waals surface area contributed by atoms with E-state index < -0.39 is 0 Å². The van der Waals surface area contributed by atoms with Crippen LogP contribution in [0.15, 0.2) is 34.9 Å². The number of benzene rings is 1. The van der Waals surface area contributed by atoms with Gasteiger partial charge in [-0.3, -0.25) is 5.10 Å². The molecule has 4 nitrogen and oxygen atoms in total. The van der Waals surface area contributed by atoms with Gasteiger partial charge in [0.05, 0.1) is 11.9 Å². The van der Waals surface area contributed by atoms with Gasteiger partial charge in [-0.15, -0.1) is 0 Å². The Balaban J connectivity index is 1.81. The summed E-state index contributed by atoms with van der Waals surface area (Å²) in [5.74, 6) is -0.252. The number of rotatable bonds is 3. The second kappa shape index (κ2) is 5.20. The molecule has 0 atom stereocenters. The Bertz CT molecular complexity index is 769. The lowest BCUT2D eigenvalue weighted by Crippen LogP contribution is -2.01. The maximum atomic E-state index is 13.0. The molecule has 0 aliphatic heterocycles. The fraction of sp³-hybridized carbons (Fsp3) is 0.143. The Morgan fingerprint density at radius 1 is 1.35 bits per heavy atom. The van der Waals surface area contributed by atoms with E-state index in [9.17, 15) is 4.39 Å². The van der Waals surface area contributed by atoms with Gasteiger partial charge in [-0.25, -0.2) is 9.37 Å². The number of hydrogen-bond donors (Lipinski definition) is 2. The molecule has 0 saturated carbocycles. The minimum Gasteiger partial charge on any atom is -0.380 e. The van der Waals surface area contributed by atoms with Crippen LogP contribution in [0.25, 0.3) is 11.0 Å². The van der Waals surface area contributed by atoms with E-state index in [1.54, 1.807) is 12.3 Å². The summed E-state index contributed by atoms with van der Waals surface area (Å²) in [5, 5.41) is 11.3. The van der Waals surface area contributed by atoms with Gasteiger partial charge >= 0.3 is 0 Å². The van der Waals surface area contributed by atoms with Crippen molar-refractivity contribution in [3.05, 3.63) is 52.0 Å². The van der Waals surface area contributed by atoms with E-state index in [0.717, 1.165) is 26.8 Å². The summed E-state index contributed by atoms with van der Waals surface area (Å²) in [6.45, 7) is 2.54. The summed E-state index contributed by atoms with van der Waals surface area (Å²) in [7, 11) is 0. The first-order valence-electron chi connectivity index (χ1n) is 6.12. The number of nitrogens with zero attached hydrogens (tertiary/aromatic N) is 2. The Hall–Kier alpha value is -1.95. The van der Waals surface area contributed by atoms with Crippen LogP contribution in [0, 0.1) is 12.7 Å². The van der Waals surface area contributed by atoms with Crippen molar-refractivity contribution in [3.8, 4) is 0 Å². The van der Waals surface area contributed by atoms with Crippen LogP contribution in [0.4, 0.5) is 10.1 Å². The predicted molar refractivity (Wildman–Crippen MR) is 80.1 cm³/mol. The van der Waals surface area contributed by atoms with E-state index in [-0.39, 0.29) is 5.82 Å². The molecular formula is C14H12BrFN4. The fourth-order valence-electron chi connectivity index (χ4n) is 1.98. The zero-order valence-corrected chi connectivity index (χ0v) is 12.3. The summed E-state index contributed by atoms with van der Waals surface area (Å²) in [6, 6.07) is 6.65. The Morgan fingerprint density at radius 2 is 2.20 bits per heavy atom. The third-order valence-corrected chi connectivity index (χ3v) is 3.84. The average molecular weight is 335 g/mol. The summed E-state index contributed by atoms with van der Waals surface area (Å²) < 4.78 is 13.8. The van der Waals surface area contributed by atoms with Crippen molar-refractivity contribution in [3.63, 3.8) is 0 Å². The summed E-state index contributed by atoms with van der Waals surface area (Å²) in [5.41, 5.74) is 3.57. The van der Waals surface area contributed by atoms with Gasteiger partial charge in [0.2, 0.25) is 0 Å². The summed E-state index contributed by atoms with van der Waals surface area (Å²) >= 11 is 3.36. The predicted octanol–water partition coefficient (Wildman–Crippen LogP) is 3.78. The third kappa shape index (κ3) is 2.51. The van der Waals surface area contributed by atoms with Crippen LogP contribution in [0.3, 0.4) is 0 Å². The second-order valence-electron chi connectivity index (χ2n) is 4.53. The average Bonchev–Trinajstić information content (AvgIpc) is 2.79. The molecule has 3 aromatic rings. The number of halogens is 2. The molecule has 0 radical (unpaired) electrons. The zero-order chi connectivity index (χ0) is 14.1. The molecule has 0 bridgehead atoms. The molecule has 0 unspecified atom stereocenters. The number of H-pyrrole nitrogens is 1. The molecule has 102 valence electrons. The highest BCUT2D eigenvalue weighted by Crippen LogP contribution is 2.21. The van der Waals surface area contributed by atoms with Crippen LogP contribution < -0.4 is 5.32 Å². The highest BCUT2D eigenvalue weighted by molar-refractivity contribution is 9.10. The van der Waals surface area contributed by atoms with Crippen LogP contribution in [0.5, 0.6) is 0 Å². The number of fused-ring (bicyclic) bond motifs is 1. The van der Waals surface area contributed by atoms with Crippen LogP contribution in [0.2, 0.25) is 0 Å². The van der Waals surface area contributed by atoms with Crippen molar-refractivity contribution in [1.82, 2.24) is 15.2 Å². The lowest BCUT2D eigenvalue weighted by Gasteiger charge is -2.08. The van der Waals surface area contributed by atoms with Crippen molar-refractivity contribution < 1.29 is 4.39 Å². The van der Waals surface area contributed by atoms with Crippen molar-refractivity contribution in [1.29, 1.82) is 0 Å². The largest absolute Gasteiger partial charge is 0.380 e. The van der Waals surface area contributed by atoms with Crippen LogP contribution in [-0.2, 0) is 6.54 Å².